The van der Waals surface area contributed by atoms with Crippen LogP contribution in [0.2, 0.25) is 5.02 Å². The smallest absolute Gasteiger partial charge is 0.331 e. The van der Waals surface area contributed by atoms with Gasteiger partial charge in [-0.1, -0.05) is 11.6 Å². The van der Waals surface area contributed by atoms with Crippen molar-refractivity contribution in [3.8, 4) is 5.75 Å². The number of carbonyl (C=O) groups excluding carboxylic acids is 2. The highest BCUT2D eigenvalue weighted by molar-refractivity contribution is 6.31. The zero-order chi connectivity index (χ0) is 18.8. The number of aromatic nitrogens is 2. The Balaban J connectivity index is 1.40. The molecule has 1 aromatic heterocycles. The molecule has 0 spiro atoms. The Kier molecular flexibility index (Phi) is 4.81. The average Bonchev–Trinajstić information content (AvgIpc) is 2.69. The molecule has 1 aromatic carbocycles. The predicted molar refractivity (Wildman–Crippen MR) is 100 cm³/mol. The van der Waals surface area contributed by atoms with E-state index in [0.717, 1.165) is 0 Å². The molecule has 1 saturated heterocycles. The van der Waals surface area contributed by atoms with Crippen molar-refractivity contribution in [2.45, 2.75) is 0 Å². The first-order valence-electron chi connectivity index (χ1n) is 8.65. The molecule has 2 aliphatic heterocycles. The number of esters is 1. The molecule has 2 aliphatic rings. The number of hydrogen-bond acceptors (Lipinski definition) is 7. The number of anilines is 2. The quantitative estimate of drug-likeness (QED) is 0.578. The van der Waals surface area contributed by atoms with Crippen LogP contribution in [0.3, 0.4) is 0 Å². The molecule has 0 N–H and O–H groups in total. The number of benzene rings is 1. The fraction of sp³-hybridized carbons (Fsp3) is 0.333. The first-order chi connectivity index (χ1) is 13.1. The molecule has 8 nitrogen and oxygen atoms in total. The van der Waals surface area contributed by atoms with Crippen LogP contribution < -0.4 is 14.5 Å². The third-order valence-corrected chi connectivity index (χ3v) is 4.83. The minimum Gasteiger partial charge on any atom is -0.423 e. The Bertz CT molecular complexity index is 855. The molecule has 27 heavy (non-hydrogen) atoms. The topological polar surface area (TPSA) is 78.9 Å². The van der Waals surface area contributed by atoms with E-state index in [2.05, 4.69) is 14.9 Å². The van der Waals surface area contributed by atoms with Crippen LogP contribution in [-0.2, 0) is 9.59 Å². The van der Waals surface area contributed by atoms with E-state index >= 15 is 0 Å². The van der Waals surface area contributed by atoms with Crippen LogP contribution in [0.5, 0.6) is 5.75 Å². The molecule has 0 atom stereocenters. The third-order valence-electron chi connectivity index (χ3n) is 4.60. The maximum absolute atomic E-state index is 12.8. The van der Waals surface area contributed by atoms with Gasteiger partial charge in [-0.15, -0.1) is 0 Å². The molecule has 0 unspecified atom stereocenters. The van der Waals surface area contributed by atoms with Crippen molar-refractivity contribution in [2.75, 3.05) is 49.1 Å². The maximum atomic E-state index is 12.8. The van der Waals surface area contributed by atoms with Crippen molar-refractivity contribution >= 4 is 35.1 Å². The molecule has 0 aliphatic carbocycles. The van der Waals surface area contributed by atoms with Gasteiger partial charge in [0.05, 0.1) is 12.2 Å². The summed E-state index contributed by atoms with van der Waals surface area (Å²) < 4.78 is 5.22. The number of amides is 1. The van der Waals surface area contributed by atoms with Gasteiger partial charge in [0, 0.05) is 43.6 Å². The lowest BCUT2D eigenvalue weighted by Crippen LogP contribution is -2.52. The average molecular weight is 388 g/mol. The van der Waals surface area contributed by atoms with Crippen molar-refractivity contribution in [1.29, 1.82) is 0 Å². The molecule has 2 aromatic rings. The second-order valence-corrected chi connectivity index (χ2v) is 6.80. The van der Waals surface area contributed by atoms with Gasteiger partial charge >= 0.3 is 5.97 Å². The van der Waals surface area contributed by atoms with E-state index in [-0.39, 0.29) is 25.0 Å². The molecule has 0 saturated carbocycles. The molecule has 4 rings (SSSR count). The van der Waals surface area contributed by atoms with E-state index in [1.165, 1.54) is 0 Å². The number of rotatable bonds is 3. The van der Waals surface area contributed by atoms with Gasteiger partial charge < -0.3 is 19.4 Å². The van der Waals surface area contributed by atoms with Crippen LogP contribution in [0.25, 0.3) is 0 Å². The Labute approximate surface area is 161 Å². The Hall–Kier alpha value is -2.87. The summed E-state index contributed by atoms with van der Waals surface area (Å²) in [4.78, 5) is 38.6. The van der Waals surface area contributed by atoms with Gasteiger partial charge in [0.2, 0.25) is 11.9 Å². The van der Waals surface area contributed by atoms with Gasteiger partial charge in [-0.3, -0.25) is 4.79 Å². The number of piperazine rings is 1. The van der Waals surface area contributed by atoms with Crippen LogP contribution >= 0.6 is 11.6 Å². The summed E-state index contributed by atoms with van der Waals surface area (Å²) in [6.45, 7) is 2.62. The third kappa shape index (κ3) is 3.80. The van der Waals surface area contributed by atoms with Gasteiger partial charge in [0.25, 0.3) is 0 Å². The van der Waals surface area contributed by atoms with E-state index in [0.29, 0.717) is 48.6 Å². The summed E-state index contributed by atoms with van der Waals surface area (Å²) in [6.07, 6.45) is 3.41. The summed E-state index contributed by atoms with van der Waals surface area (Å²) in [5, 5.41) is 0.528. The Morgan fingerprint density at radius 1 is 1.15 bits per heavy atom. The number of hydrogen-bond donors (Lipinski definition) is 0. The summed E-state index contributed by atoms with van der Waals surface area (Å²) in [6, 6.07) is 6.78. The van der Waals surface area contributed by atoms with E-state index in [1.807, 2.05) is 0 Å². The van der Waals surface area contributed by atoms with Crippen molar-refractivity contribution in [3.05, 3.63) is 41.7 Å². The lowest BCUT2D eigenvalue weighted by Gasteiger charge is -2.36. The monoisotopic (exact) mass is 387 g/mol. The van der Waals surface area contributed by atoms with Crippen LogP contribution in [0.1, 0.15) is 0 Å². The summed E-state index contributed by atoms with van der Waals surface area (Å²) >= 11 is 6.06. The van der Waals surface area contributed by atoms with E-state index in [4.69, 9.17) is 16.3 Å². The number of fused-ring (bicyclic) bond motifs is 1. The lowest BCUT2D eigenvalue weighted by molar-refractivity contribution is -0.133. The normalized spacial score (nSPS) is 16.8. The van der Waals surface area contributed by atoms with Crippen molar-refractivity contribution in [1.82, 2.24) is 14.9 Å². The minimum atomic E-state index is -0.385. The van der Waals surface area contributed by atoms with Crippen LogP contribution in [-0.4, -0.2) is 66.0 Å². The van der Waals surface area contributed by atoms with Gasteiger partial charge in [-0.2, -0.15) is 0 Å². The Morgan fingerprint density at radius 3 is 2.63 bits per heavy atom. The summed E-state index contributed by atoms with van der Waals surface area (Å²) in [5.74, 6) is 0.675. The number of ether oxygens (including phenoxy) is 1. The van der Waals surface area contributed by atoms with Crippen LogP contribution in [0.4, 0.5) is 11.6 Å². The second-order valence-electron chi connectivity index (χ2n) is 6.36. The zero-order valence-corrected chi connectivity index (χ0v) is 15.3. The minimum absolute atomic E-state index is 0.0247. The van der Waals surface area contributed by atoms with Crippen LogP contribution in [0.15, 0.2) is 36.7 Å². The molecule has 9 heteroatoms. The second kappa shape index (κ2) is 7.40. The van der Waals surface area contributed by atoms with Crippen LogP contribution in [0, 0.1) is 0 Å². The first kappa shape index (κ1) is 17.5. The number of nitrogens with zero attached hydrogens (tertiary/aromatic N) is 5. The highest BCUT2D eigenvalue weighted by atomic mass is 35.5. The van der Waals surface area contributed by atoms with E-state index in [1.54, 1.807) is 46.5 Å². The van der Waals surface area contributed by atoms with Crippen molar-refractivity contribution in [2.24, 2.45) is 0 Å². The van der Waals surface area contributed by atoms with Crippen molar-refractivity contribution < 1.29 is 14.3 Å². The van der Waals surface area contributed by atoms with Gasteiger partial charge in [-0.25, -0.2) is 14.8 Å². The summed E-state index contributed by atoms with van der Waals surface area (Å²) in [7, 11) is 0. The van der Waals surface area contributed by atoms with E-state index < -0.39 is 0 Å². The Morgan fingerprint density at radius 2 is 1.89 bits per heavy atom. The fourth-order valence-electron chi connectivity index (χ4n) is 3.23. The molecular weight excluding hydrogens is 370 g/mol. The SMILES string of the molecule is O=C1CN(CC(=O)N2CCN(c3ncccn3)CC2)c2cc(Cl)ccc2O1. The van der Waals surface area contributed by atoms with Gasteiger partial charge in [-0.05, 0) is 24.3 Å². The fourth-order valence-corrected chi connectivity index (χ4v) is 3.40. The molecule has 3 heterocycles. The molecule has 0 bridgehead atoms. The largest absolute Gasteiger partial charge is 0.423 e. The maximum Gasteiger partial charge on any atom is 0.331 e. The molecule has 0 radical (unpaired) electrons. The molecule has 140 valence electrons. The highest BCUT2D eigenvalue weighted by Gasteiger charge is 2.29. The van der Waals surface area contributed by atoms with E-state index in [9.17, 15) is 9.59 Å². The van der Waals surface area contributed by atoms with Gasteiger partial charge in [0.15, 0.2) is 5.75 Å². The molecule has 1 amide bonds. The first-order valence-corrected chi connectivity index (χ1v) is 9.03. The highest BCUT2D eigenvalue weighted by Crippen LogP contribution is 2.34. The lowest BCUT2D eigenvalue weighted by atomic mass is 10.2. The number of carbonyl (C=O) groups is 2. The predicted octanol–water partition coefficient (Wildman–Crippen LogP) is 1.20. The molecule has 1 fully saturated rings. The zero-order valence-electron chi connectivity index (χ0n) is 14.5. The van der Waals surface area contributed by atoms with Crippen molar-refractivity contribution in [3.63, 3.8) is 0 Å². The number of halogens is 1. The van der Waals surface area contributed by atoms with Gasteiger partial charge in [0.1, 0.15) is 6.54 Å². The molecular formula is C18H18ClN5O3. The standard InChI is InChI=1S/C18H18ClN5O3/c19-13-2-3-15-14(10-13)24(12-17(26)27-15)11-16(25)22-6-8-23(9-7-22)18-20-4-1-5-21-18/h1-5,10H,6-9,11-12H2. The summed E-state index contributed by atoms with van der Waals surface area (Å²) in [5.41, 5.74) is 0.659.